The summed E-state index contributed by atoms with van der Waals surface area (Å²) in [6, 6.07) is 10.1. The minimum atomic E-state index is -0.918. The molecule has 2 aromatic carbocycles. The molecule has 27 heavy (non-hydrogen) atoms. The molecule has 1 aliphatic rings. The fraction of sp³-hybridized carbons (Fsp3) is 0.167. The fourth-order valence-electron chi connectivity index (χ4n) is 2.47. The fourth-order valence-corrected chi connectivity index (χ4v) is 2.47. The first-order valence-corrected chi connectivity index (χ1v) is 8.10. The summed E-state index contributed by atoms with van der Waals surface area (Å²) in [6.07, 6.45) is 0. The Morgan fingerprint density at radius 1 is 1.04 bits per heavy atom. The van der Waals surface area contributed by atoms with E-state index >= 15 is 0 Å². The zero-order chi connectivity index (χ0) is 19.4. The molecule has 0 aliphatic carbocycles. The predicted molar refractivity (Wildman–Crippen MR) is 97.8 cm³/mol. The molecule has 0 spiro atoms. The van der Waals surface area contributed by atoms with E-state index in [9.17, 15) is 14.4 Å². The maximum absolute atomic E-state index is 12.4. The molecule has 1 atom stereocenters. The number of nitrogens with two attached hydrogens (primary N) is 1. The Morgan fingerprint density at radius 3 is 2.56 bits per heavy atom. The maximum atomic E-state index is 12.4. The Hall–Kier alpha value is -3.75. The lowest BCUT2D eigenvalue weighted by Crippen LogP contribution is -2.43. The SMILES string of the molecule is C[C@H](Nc1cccc(NC(=O)c2ccc3c(c2)OCO3)c1)C(=O)NC(N)=O. The van der Waals surface area contributed by atoms with Crippen LogP contribution >= 0.6 is 0 Å². The number of benzene rings is 2. The van der Waals surface area contributed by atoms with Crippen molar-refractivity contribution in [1.82, 2.24) is 5.32 Å². The first kappa shape index (κ1) is 18.1. The van der Waals surface area contributed by atoms with Crippen molar-refractivity contribution in [2.45, 2.75) is 13.0 Å². The number of primary amides is 1. The zero-order valence-corrected chi connectivity index (χ0v) is 14.4. The highest BCUT2D eigenvalue weighted by molar-refractivity contribution is 6.05. The van der Waals surface area contributed by atoms with E-state index in [1.165, 1.54) is 0 Å². The molecule has 5 N–H and O–H groups in total. The van der Waals surface area contributed by atoms with Crippen molar-refractivity contribution >= 4 is 29.2 Å². The van der Waals surface area contributed by atoms with Gasteiger partial charge in [-0.15, -0.1) is 0 Å². The van der Waals surface area contributed by atoms with Crippen molar-refractivity contribution in [3.05, 3.63) is 48.0 Å². The van der Waals surface area contributed by atoms with Crippen LogP contribution in [0, 0.1) is 0 Å². The van der Waals surface area contributed by atoms with Crippen LogP contribution in [0.25, 0.3) is 0 Å². The van der Waals surface area contributed by atoms with Crippen molar-refractivity contribution < 1.29 is 23.9 Å². The van der Waals surface area contributed by atoms with E-state index < -0.39 is 18.0 Å². The van der Waals surface area contributed by atoms with Crippen LogP contribution in [0.3, 0.4) is 0 Å². The molecule has 0 unspecified atom stereocenters. The molecule has 2 aromatic rings. The molecule has 1 heterocycles. The van der Waals surface area contributed by atoms with Gasteiger partial charge in [0.1, 0.15) is 6.04 Å². The number of carbonyl (C=O) groups is 3. The smallest absolute Gasteiger partial charge is 0.318 e. The van der Waals surface area contributed by atoms with Gasteiger partial charge in [-0.1, -0.05) is 6.07 Å². The molecule has 0 bridgehead atoms. The van der Waals surface area contributed by atoms with Gasteiger partial charge in [0.25, 0.3) is 5.91 Å². The van der Waals surface area contributed by atoms with Crippen molar-refractivity contribution in [2.24, 2.45) is 5.73 Å². The third-order valence-corrected chi connectivity index (χ3v) is 3.78. The Bertz CT molecular complexity index is 899. The minimum absolute atomic E-state index is 0.135. The predicted octanol–water partition coefficient (Wildman–Crippen LogP) is 1.66. The molecule has 0 fully saturated rings. The lowest BCUT2D eigenvalue weighted by molar-refractivity contribution is -0.120. The summed E-state index contributed by atoms with van der Waals surface area (Å²) in [5, 5.41) is 7.70. The average molecular weight is 370 g/mol. The molecular weight excluding hydrogens is 352 g/mol. The van der Waals surface area contributed by atoms with E-state index in [0.29, 0.717) is 28.4 Å². The first-order chi connectivity index (χ1) is 12.9. The first-order valence-electron chi connectivity index (χ1n) is 8.10. The number of amides is 4. The Morgan fingerprint density at radius 2 is 1.78 bits per heavy atom. The number of fused-ring (bicyclic) bond motifs is 1. The van der Waals surface area contributed by atoms with Crippen molar-refractivity contribution in [1.29, 1.82) is 0 Å². The molecule has 0 saturated heterocycles. The molecule has 0 radical (unpaired) electrons. The summed E-state index contributed by atoms with van der Waals surface area (Å²) in [7, 11) is 0. The number of rotatable bonds is 5. The van der Waals surface area contributed by atoms with Crippen LogP contribution in [0.4, 0.5) is 16.2 Å². The lowest BCUT2D eigenvalue weighted by atomic mass is 10.1. The molecule has 0 saturated carbocycles. The van der Waals surface area contributed by atoms with Crippen LogP contribution in [-0.4, -0.2) is 30.7 Å². The number of hydrogen-bond acceptors (Lipinski definition) is 6. The van der Waals surface area contributed by atoms with Gasteiger partial charge in [-0.2, -0.15) is 0 Å². The standard InChI is InChI=1S/C18H18N4O5/c1-10(16(23)22-18(19)25)20-12-3-2-4-13(8-12)21-17(24)11-5-6-14-15(7-11)27-9-26-14/h2-8,10,20H,9H2,1H3,(H,21,24)(H3,19,22,23,25)/t10-/m0/s1. The van der Waals surface area contributed by atoms with Gasteiger partial charge in [-0.25, -0.2) is 4.79 Å². The lowest BCUT2D eigenvalue weighted by Gasteiger charge is -2.15. The van der Waals surface area contributed by atoms with Crippen LogP contribution in [-0.2, 0) is 4.79 Å². The number of nitrogens with one attached hydrogen (secondary N) is 3. The van der Waals surface area contributed by atoms with Crippen LogP contribution in [0.15, 0.2) is 42.5 Å². The monoisotopic (exact) mass is 370 g/mol. The molecule has 4 amide bonds. The van der Waals surface area contributed by atoms with Crippen molar-refractivity contribution in [2.75, 3.05) is 17.4 Å². The third kappa shape index (κ3) is 4.46. The number of ether oxygens (including phenoxy) is 2. The van der Waals surface area contributed by atoms with E-state index in [0.717, 1.165) is 0 Å². The molecule has 140 valence electrons. The van der Waals surface area contributed by atoms with E-state index in [1.54, 1.807) is 49.4 Å². The number of urea groups is 1. The highest BCUT2D eigenvalue weighted by atomic mass is 16.7. The van der Waals surface area contributed by atoms with E-state index in [-0.39, 0.29) is 12.7 Å². The van der Waals surface area contributed by atoms with Gasteiger partial charge < -0.3 is 25.8 Å². The molecule has 0 aromatic heterocycles. The molecule has 9 nitrogen and oxygen atoms in total. The van der Waals surface area contributed by atoms with Gasteiger partial charge in [0.15, 0.2) is 11.5 Å². The minimum Gasteiger partial charge on any atom is -0.454 e. The van der Waals surface area contributed by atoms with E-state index in [4.69, 9.17) is 15.2 Å². The molecule has 1 aliphatic heterocycles. The largest absolute Gasteiger partial charge is 0.454 e. The number of anilines is 2. The molecular formula is C18H18N4O5. The van der Waals surface area contributed by atoms with Gasteiger partial charge in [0, 0.05) is 16.9 Å². The number of carbonyl (C=O) groups excluding carboxylic acids is 3. The van der Waals surface area contributed by atoms with Crippen molar-refractivity contribution in [3.8, 4) is 11.5 Å². The zero-order valence-electron chi connectivity index (χ0n) is 14.4. The molecule has 3 rings (SSSR count). The van der Waals surface area contributed by atoms with Gasteiger partial charge >= 0.3 is 6.03 Å². The van der Waals surface area contributed by atoms with Gasteiger partial charge in [0.05, 0.1) is 0 Å². The van der Waals surface area contributed by atoms with Crippen LogP contribution < -0.4 is 31.2 Å². The Kier molecular flexibility index (Phi) is 5.11. The summed E-state index contributed by atoms with van der Waals surface area (Å²) in [4.78, 5) is 34.9. The van der Waals surface area contributed by atoms with Gasteiger partial charge in [-0.3, -0.25) is 14.9 Å². The maximum Gasteiger partial charge on any atom is 0.318 e. The second-order valence-corrected chi connectivity index (χ2v) is 5.82. The van der Waals surface area contributed by atoms with Gasteiger partial charge in [0.2, 0.25) is 12.7 Å². The van der Waals surface area contributed by atoms with Crippen LogP contribution in [0.5, 0.6) is 11.5 Å². The third-order valence-electron chi connectivity index (χ3n) is 3.78. The number of hydrogen-bond donors (Lipinski definition) is 4. The summed E-state index contributed by atoms with van der Waals surface area (Å²) < 4.78 is 10.5. The number of imide groups is 1. The summed E-state index contributed by atoms with van der Waals surface area (Å²) in [6.45, 7) is 1.71. The quantitative estimate of drug-likeness (QED) is 0.633. The average Bonchev–Trinajstić information content (AvgIpc) is 3.09. The van der Waals surface area contributed by atoms with E-state index in [2.05, 4.69) is 10.6 Å². The highest BCUT2D eigenvalue weighted by Gasteiger charge is 2.17. The van der Waals surface area contributed by atoms with Crippen molar-refractivity contribution in [3.63, 3.8) is 0 Å². The summed E-state index contributed by atoms with van der Waals surface area (Å²) in [5.74, 6) is 0.246. The van der Waals surface area contributed by atoms with Gasteiger partial charge in [-0.05, 0) is 43.3 Å². The van der Waals surface area contributed by atoms with Crippen LogP contribution in [0.1, 0.15) is 17.3 Å². The highest BCUT2D eigenvalue weighted by Crippen LogP contribution is 2.32. The summed E-state index contributed by atoms with van der Waals surface area (Å²) >= 11 is 0. The van der Waals surface area contributed by atoms with Crippen LogP contribution in [0.2, 0.25) is 0 Å². The molecule has 9 heteroatoms. The summed E-state index contributed by atoms with van der Waals surface area (Å²) in [5.41, 5.74) is 6.47. The van der Waals surface area contributed by atoms with E-state index in [1.807, 2.05) is 5.32 Å². The Balaban J connectivity index is 1.66. The Labute approximate surface area is 154 Å². The topological polar surface area (TPSA) is 132 Å². The normalized spacial score (nSPS) is 12.8. The second kappa shape index (κ2) is 7.65. The second-order valence-electron chi connectivity index (χ2n) is 5.82.